The van der Waals surface area contributed by atoms with E-state index in [-0.39, 0.29) is 18.0 Å². The number of ketones is 1. The van der Waals surface area contributed by atoms with E-state index in [2.05, 4.69) is 0 Å². The fourth-order valence-corrected chi connectivity index (χ4v) is 1.22. The van der Waals surface area contributed by atoms with Crippen molar-refractivity contribution in [3.8, 4) is 0 Å². The zero-order valence-corrected chi connectivity index (χ0v) is 9.33. The van der Waals surface area contributed by atoms with Crippen LogP contribution in [-0.2, 0) is 9.53 Å². The van der Waals surface area contributed by atoms with Crippen molar-refractivity contribution < 1.29 is 23.1 Å². The number of hydrogen-bond acceptors (Lipinski definition) is 3. The highest BCUT2D eigenvalue weighted by molar-refractivity contribution is 5.89. The van der Waals surface area contributed by atoms with Crippen molar-refractivity contribution in [2.45, 2.75) is 19.8 Å². The van der Waals surface area contributed by atoms with E-state index >= 15 is 0 Å². The minimum absolute atomic E-state index is 0.00554. The fourth-order valence-electron chi connectivity index (χ4n) is 1.22. The molecule has 5 heteroatoms. The summed E-state index contributed by atoms with van der Waals surface area (Å²) in [7, 11) is 0. The van der Waals surface area contributed by atoms with Crippen LogP contribution in [0.4, 0.5) is 8.78 Å². The molecule has 0 saturated heterocycles. The largest absolute Gasteiger partial charge is 0.462 e. The summed E-state index contributed by atoms with van der Waals surface area (Å²) in [6, 6.07) is 2.62. The van der Waals surface area contributed by atoms with Gasteiger partial charge in [0.05, 0.1) is 12.2 Å². The van der Waals surface area contributed by atoms with E-state index in [4.69, 9.17) is 4.74 Å². The first-order valence-corrected chi connectivity index (χ1v) is 5.12. The second-order valence-corrected chi connectivity index (χ2v) is 3.57. The molecule has 17 heavy (non-hydrogen) atoms. The summed E-state index contributed by atoms with van der Waals surface area (Å²) in [5.74, 6) is -2.57. The van der Waals surface area contributed by atoms with Gasteiger partial charge in [0, 0.05) is 12.5 Å². The molecule has 0 aliphatic carbocycles. The average Bonchev–Trinajstić information content (AvgIpc) is 2.23. The molecule has 0 radical (unpaired) electrons. The highest BCUT2D eigenvalue weighted by Gasteiger charge is 2.13. The van der Waals surface area contributed by atoms with Gasteiger partial charge in [-0.05, 0) is 25.5 Å². The Bertz CT molecular complexity index is 430. The van der Waals surface area contributed by atoms with Gasteiger partial charge in [0.25, 0.3) is 0 Å². The molecule has 3 nitrogen and oxygen atoms in total. The van der Waals surface area contributed by atoms with E-state index in [1.807, 2.05) is 0 Å². The number of hydrogen-bond donors (Lipinski definition) is 0. The lowest BCUT2D eigenvalue weighted by molar-refractivity contribution is -0.117. The molecule has 0 fully saturated rings. The molecule has 0 unspecified atom stereocenters. The molecule has 0 amide bonds. The predicted molar refractivity (Wildman–Crippen MR) is 56.6 cm³/mol. The maximum Gasteiger partial charge on any atom is 0.341 e. The normalized spacial score (nSPS) is 10.1. The maximum absolute atomic E-state index is 13.1. The van der Waals surface area contributed by atoms with E-state index in [0.717, 1.165) is 12.1 Å². The van der Waals surface area contributed by atoms with Gasteiger partial charge in [0.15, 0.2) is 0 Å². The summed E-state index contributed by atoms with van der Waals surface area (Å²) in [5.41, 5.74) is -0.311. The van der Waals surface area contributed by atoms with Crippen LogP contribution in [-0.4, -0.2) is 18.4 Å². The number of benzene rings is 1. The molecule has 1 rings (SSSR count). The van der Waals surface area contributed by atoms with Gasteiger partial charge in [0.1, 0.15) is 17.4 Å². The van der Waals surface area contributed by atoms with Crippen molar-refractivity contribution in [3.63, 3.8) is 0 Å². The lowest BCUT2D eigenvalue weighted by Gasteiger charge is -2.04. The monoisotopic (exact) mass is 242 g/mol. The first kappa shape index (κ1) is 13.3. The first-order chi connectivity index (χ1) is 8.00. The Hall–Kier alpha value is -1.78. The molecule has 0 spiro atoms. The van der Waals surface area contributed by atoms with Crippen LogP contribution in [0.3, 0.4) is 0 Å². The Kier molecular flexibility index (Phi) is 4.75. The van der Waals surface area contributed by atoms with E-state index < -0.39 is 17.6 Å². The second kappa shape index (κ2) is 6.08. The van der Waals surface area contributed by atoms with Crippen molar-refractivity contribution in [2.75, 3.05) is 6.61 Å². The SMILES string of the molecule is CC(=O)CCCOC(=O)c1ccc(F)cc1F. The van der Waals surface area contributed by atoms with Gasteiger partial charge in [-0.3, -0.25) is 0 Å². The fraction of sp³-hybridized carbons (Fsp3) is 0.333. The first-order valence-electron chi connectivity index (χ1n) is 5.12. The van der Waals surface area contributed by atoms with E-state index in [1.165, 1.54) is 6.92 Å². The number of rotatable bonds is 5. The second-order valence-electron chi connectivity index (χ2n) is 3.57. The van der Waals surface area contributed by atoms with Crippen LogP contribution in [0.5, 0.6) is 0 Å². The predicted octanol–water partition coefficient (Wildman–Crippen LogP) is 2.49. The number of carbonyl (C=O) groups excluding carboxylic acids is 2. The smallest absolute Gasteiger partial charge is 0.341 e. The quantitative estimate of drug-likeness (QED) is 0.588. The van der Waals surface area contributed by atoms with Gasteiger partial charge < -0.3 is 9.53 Å². The Balaban J connectivity index is 2.50. The molecule has 1 aromatic rings. The lowest BCUT2D eigenvalue weighted by Crippen LogP contribution is -2.09. The van der Waals surface area contributed by atoms with Crippen LogP contribution in [0, 0.1) is 11.6 Å². The van der Waals surface area contributed by atoms with E-state index in [1.54, 1.807) is 0 Å². The molecular formula is C12H12F2O3. The minimum atomic E-state index is -0.957. The zero-order chi connectivity index (χ0) is 12.8. The van der Waals surface area contributed by atoms with Crippen molar-refractivity contribution in [2.24, 2.45) is 0 Å². The summed E-state index contributed by atoms with van der Waals surface area (Å²) in [6.45, 7) is 1.47. The molecule has 0 saturated carbocycles. The number of halogens is 2. The molecular weight excluding hydrogens is 230 g/mol. The number of esters is 1. The van der Waals surface area contributed by atoms with Crippen LogP contribution in [0.15, 0.2) is 18.2 Å². The molecule has 0 aliphatic rings. The molecule has 92 valence electrons. The van der Waals surface area contributed by atoms with Crippen LogP contribution in [0.1, 0.15) is 30.1 Å². The highest BCUT2D eigenvalue weighted by atomic mass is 19.1. The van der Waals surface area contributed by atoms with Gasteiger partial charge in [-0.25, -0.2) is 13.6 Å². The van der Waals surface area contributed by atoms with E-state index in [0.29, 0.717) is 18.9 Å². The van der Waals surface area contributed by atoms with Gasteiger partial charge in [-0.15, -0.1) is 0 Å². The Labute approximate surface area is 97.4 Å². The molecule has 0 heterocycles. The number of Topliss-reactive ketones (excluding diaryl/α,β-unsaturated/α-hetero) is 1. The molecule has 0 aromatic heterocycles. The standard InChI is InChI=1S/C12H12F2O3/c1-8(15)3-2-6-17-12(16)10-5-4-9(13)7-11(10)14/h4-5,7H,2-3,6H2,1H3. The highest BCUT2D eigenvalue weighted by Crippen LogP contribution is 2.11. The third-order valence-electron chi connectivity index (χ3n) is 2.06. The zero-order valence-electron chi connectivity index (χ0n) is 9.33. The van der Waals surface area contributed by atoms with Crippen LogP contribution < -0.4 is 0 Å². The number of carbonyl (C=O) groups is 2. The Morgan fingerprint density at radius 1 is 1.29 bits per heavy atom. The van der Waals surface area contributed by atoms with Gasteiger partial charge in [0.2, 0.25) is 0 Å². The van der Waals surface area contributed by atoms with Crippen LogP contribution in [0.25, 0.3) is 0 Å². The van der Waals surface area contributed by atoms with Crippen molar-refractivity contribution >= 4 is 11.8 Å². The molecule has 1 aromatic carbocycles. The summed E-state index contributed by atoms with van der Waals surface area (Å²) in [4.78, 5) is 22.0. The molecule has 0 bridgehead atoms. The summed E-state index contributed by atoms with van der Waals surface area (Å²) >= 11 is 0. The van der Waals surface area contributed by atoms with Gasteiger partial charge >= 0.3 is 5.97 Å². The number of ether oxygens (including phenoxy) is 1. The van der Waals surface area contributed by atoms with Crippen molar-refractivity contribution in [3.05, 3.63) is 35.4 Å². The molecule has 0 atom stereocenters. The van der Waals surface area contributed by atoms with E-state index in [9.17, 15) is 18.4 Å². The summed E-state index contributed by atoms with van der Waals surface area (Å²) in [6.07, 6.45) is 0.697. The van der Waals surface area contributed by atoms with Gasteiger partial charge in [-0.2, -0.15) is 0 Å². The topological polar surface area (TPSA) is 43.4 Å². The Morgan fingerprint density at radius 2 is 2.00 bits per heavy atom. The molecule has 0 N–H and O–H groups in total. The summed E-state index contributed by atoms with van der Waals surface area (Å²) < 4.78 is 30.5. The van der Waals surface area contributed by atoms with Crippen molar-refractivity contribution in [1.29, 1.82) is 0 Å². The maximum atomic E-state index is 13.1. The third kappa shape index (κ3) is 4.30. The Morgan fingerprint density at radius 3 is 2.59 bits per heavy atom. The summed E-state index contributed by atoms with van der Waals surface area (Å²) in [5, 5.41) is 0. The third-order valence-corrected chi connectivity index (χ3v) is 2.06. The van der Waals surface area contributed by atoms with Crippen LogP contribution >= 0.6 is 0 Å². The van der Waals surface area contributed by atoms with Crippen molar-refractivity contribution in [1.82, 2.24) is 0 Å². The minimum Gasteiger partial charge on any atom is -0.462 e. The lowest BCUT2D eigenvalue weighted by atomic mass is 10.2. The van der Waals surface area contributed by atoms with Crippen LogP contribution in [0.2, 0.25) is 0 Å². The van der Waals surface area contributed by atoms with Gasteiger partial charge in [-0.1, -0.05) is 0 Å². The average molecular weight is 242 g/mol. The molecule has 0 aliphatic heterocycles.